The van der Waals surface area contributed by atoms with Gasteiger partial charge in [0.2, 0.25) is 0 Å². The number of anilines is 2. The van der Waals surface area contributed by atoms with Crippen molar-refractivity contribution < 1.29 is 13.2 Å². The van der Waals surface area contributed by atoms with E-state index >= 15 is 0 Å². The molecule has 0 bridgehead atoms. The number of hydrogen-bond donors (Lipinski definition) is 0. The summed E-state index contributed by atoms with van der Waals surface area (Å²) in [6, 6.07) is 2.16. The average molecular weight is 395 g/mol. The Hall–Kier alpha value is -1.83. The van der Waals surface area contributed by atoms with Gasteiger partial charge in [-0.15, -0.1) is 0 Å². The van der Waals surface area contributed by atoms with Crippen LogP contribution in [0.15, 0.2) is 29.4 Å². The van der Waals surface area contributed by atoms with E-state index in [-0.39, 0.29) is 5.69 Å². The van der Waals surface area contributed by atoms with Crippen LogP contribution in [0.25, 0.3) is 0 Å². The minimum Gasteiger partial charge on any atom is -0.371 e. The number of aromatic nitrogens is 2. The Kier molecular flexibility index (Phi) is 5.25. The predicted octanol–water partition coefficient (Wildman–Crippen LogP) is 4.50. The van der Waals surface area contributed by atoms with Crippen LogP contribution in [0.3, 0.4) is 0 Å². The van der Waals surface area contributed by atoms with Crippen molar-refractivity contribution in [2.45, 2.75) is 25.4 Å². The lowest BCUT2D eigenvalue weighted by Gasteiger charge is -2.22. The minimum atomic E-state index is -4.45. The molecule has 0 N–H and O–H groups in total. The van der Waals surface area contributed by atoms with Gasteiger partial charge in [-0.2, -0.15) is 24.5 Å². The van der Waals surface area contributed by atoms with Crippen molar-refractivity contribution >= 4 is 22.7 Å². The van der Waals surface area contributed by atoms with E-state index in [1.165, 1.54) is 18.3 Å². The van der Waals surface area contributed by atoms with Gasteiger partial charge in [-0.1, -0.05) is 0 Å². The monoisotopic (exact) mass is 395 g/mol. The fourth-order valence-corrected chi connectivity index (χ4v) is 4.72. The number of hydrogen-bond acceptors (Lipinski definition) is 5. The zero-order valence-electron chi connectivity index (χ0n) is 14.9. The van der Waals surface area contributed by atoms with E-state index < -0.39 is 11.9 Å². The summed E-state index contributed by atoms with van der Waals surface area (Å²) in [5.74, 6) is 0.950. The Morgan fingerprint density at radius 2 is 2.04 bits per heavy atom. The molecule has 0 amide bonds. The van der Waals surface area contributed by atoms with Crippen molar-refractivity contribution in [1.82, 2.24) is 9.97 Å². The largest absolute Gasteiger partial charge is 0.435 e. The molecular formula is C19H22F3N4S. The molecule has 2 saturated heterocycles. The van der Waals surface area contributed by atoms with E-state index in [1.54, 1.807) is 16.2 Å². The Morgan fingerprint density at radius 1 is 1.19 bits per heavy atom. The Morgan fingerprint density at radius 3 is 2.81 bits per heavy atom. The molecule has 8 heteroatoms. The first-order valence-electron chi connectivity index (χ1n) is 9.23. The molecule has 0 aliphatic carbocycles. The van der Waals surface area contributed by atoms with Gasteiger partial charge in [0.15, 0.2) is 5.69 Å². The van der Waals surface area contributed by atoms with Gasteiger partial charge >= 0.3 is 6.18 Å². The zero-order valence-corrected chi connectivity index (χ0v) is 15.7. The van der Waals surface area contributed by atoms with Gasteiger partial charge in [-0.3, -0.25) is 0 Å². The van der Waals surface area contributed by atoms with Crippen molar-refractivity contribution in [2.24, 2.45) is 11.8 Å². The van der Waals surface area contributed by atoms with Gasteiger partial charge < -0.3 is 9.80 Å². The van der Waals surface area contributed by atoms with E-state index in [0.717, 1.165) is 32.3 Å². The maximum absolute atomic E-state index is 13.2. The fraction of sp³-hybridized carbons (Fsp3) is 0.526. The summed E-state index contributed by atoms with van der Waals surface area (Å²) in [5.41, 5.74) is 0.573. The smallest absolute Gasteiger partial charge is 0.371 e. The summed E-state index contributed by atoms with van der Waals surface area (Å²) in [7, 11) is 0. The van der Waals surface area contributed by atoms with Crippen LogP contribution in [-0.2, 0) is 6.18 Å². The summed E-state index contributed by atoms with van der Waals surface area (Å²) in [4.78, 5) is 11.5. The van der Waals surface area contributed by atoms with Gasteiger partial charge in [0.25, 0.3) is 0 Å². The van der Waals surface area contributed by atoms with Crippen LogP contribution in [0.1, 0.15) is 25.0 Å². The number of nitrogens with zero attached hydrogens (tertiary/aromatic N) is 4. The number of thiophene rings is 1. The second-order valence-corrected chi connectivity index (χ2v) is 8.08. The third kappa shape index (κ3) is 4.20. The second-order valence-electron chi connectivity index (χ2n) is 7.30. The number of alkyl halides is 3. The minimum absolute atomic E-state index is 0.102. The molecule has 2 aliphatic heterocycles. The molecule has 4 heterocycles. The van der Waals surface area contributed by atoms with Crippen LogP contribution in [0.5, 0.6) is 0 Å². The lowest BCUT2D eigenvalue weighted by atomic mass is 9.94. The second kappa shape index (κ2) is 7.66. The maximum atomic E-state index is 13.2. The molecule has 0 unspecified atom stereocenters. The lowest BCUT2D eigenvalue weighted by molar-refractivity contribution is -0.140. The summed E-state index contributed by atoms with van der Waals surface area (Å²) in [6.07, 6.45) is 3.20. The third-order valence-corrected chi connectivity index (χ3v) is 6.16. The molecule has 2 aromatic rings. The van der Waals surface area contributed by atoms with Gasteiger partial charge in [0.05, 0.1) is 11.9 Å². The molecular weight excluding hydrogens is 373 g/mol. The van der Waals surface area contributed by atoms with E-state index in [0.29, 0.717) is 24.9 Å². The van der Waals surface area contributed by atoms with Gasteiger partial charge in [-0.05, 0) is 49.0 Å². The number of rotatable bonds is 5. The van der Waals surface area contributed by atoms with Crippen LogP contribution in [0, 0.1) is 18.3 Å². The standard InChI is InChI=1S/C19H22F3N4S/c20-19(21,22)18-17(9-23-13-24-18)26-7-4-15(11-26)2-1-14-3-6-25(10-14)16-5-8-27-12-16/h2,5,8-9,12-15H,1,3-4,6-7,10-11H2/t14-,15-/m1/s1. The van der Waals surface area contributed by atoms with Crippen molar-refractivity contribution in [3.63, 3.8) is 0 Å². The van der Waals surface area contributed by atoms with Crippen LogP contribution >= 0.6 is 11.3 Å². The molecule has 4 rings (SSSR count). The first kappa shape index (κ1) is 18.5. The Balaban J connectivity index is 1.30. The average Bonchev–Trinajstić information content (AvgIpc) is 3.39. The first-order valence-corrected chi connectivity index (χ1v) is 10.2. The zero-order chi connectivity index (χ0) is 18.9. The van der Waals surface area contributed by atoms with Crippen molar-refractivity contribution in [3.8, 4) is 0 Å². The van der Waals surface area contributed by atoms with Gasteiger partial charge in [-0.25, -0.2) is 9.97 Å². The molecule has 27 heavy (non-hydrogen) atoms. The summed E-state index contributed by atoms with van der Waals surface area (Å²) >= 11 is 1.72. The summed E-state index contributed by atoms with van der Waals surface area (Å²) in [6.45, 7) is 3.37. The molecule has 0 saturated carbocycles. The highest BCUT2D eigenvalue weighted by Gasteiger charge is 2.38. The molecule has 2 aromatic heterocycles. The molecule has 4 nitrogen and oxygen atoms in total. The lowest BCUT2D eigenvalue weighted by Crippen LogP contribution is -2.25. The molecule has 145 valence electrons. The molecule has 1 radical (unpaired) electrons. The molecule has 2 aliphatic rings. The molecule has 0 spiro atoms. The van der Waals surface area contributed by atoms with Crippen LogP contribution < -0.4 is 9.80 Å². The Labute approximate surface area is 161 Å². The van der Waals surface area contributed by atoms with Crippen LogP contribution in [0.4, 0.5) is 24.5 Å². The summed E-state index contributed by atoms with van der Waals surface area (Å²) < 4.78 is 39.5. The quantitative estimate of drug-likeness (QED) is 0.746. The van der Waals surface area contributed by atoms with E-state index in [4.69, 9.17) is 0 Å². The third-order valence-electron chi connectivity index (χ3n) is 5.49. The first-order chi connectivity index (χ1) is 13.0. The topological polar surface area (TPSA) is 32.3 Å². The highest BCUT2D eigenvalue weighted by atomic mass is 32.1. The van der Waals surface area contributed by atoms with E-state index in [2.05, 4.69) is 38.1 Å². The molecule has 2 atom stereocenters. The van der Waals surface area contributed by atoms with Crippen molar-refractivity contribution in [2.75, 3.05) is 36.0 Å². The highest BCUT2D eigenvalue weighted by Crippen LogP contribution is 2.37. The summed E-state index contributed by atoms with van der Waals surface area (Å²) in [5, 5.41) is 4.28. The molecule has 2 fully saturated rings. The predicted molar refractivity (Wildman–Crippen MR) is 101 cm³/mol. The van der Waals surface area contributed by atoms with E-state index in [9.17, 15) is 13.2 Å². The van der Waals surface area contributed by atoms with Crippen LogP contribution in [0.2, 0.25) is 0 Å². The molecule has 0 aromatic carbocycles. The number of halogens is 3. The normalized spacial score (nSPS) is 23.4. The SMILES string of the molecule is FC(F)(F)c1ncncc1N1CC[C@@H]([CH]C[C@@H]2CCN(c3ccsc3)C2)C1. The Bertz CT molecular complexity index is 750. The van der Waals surface area contributed by atoms with Crippen molar-refractivity contribution in [1.29, 1.82) is 0 Å². The fourth-order valence-electron chi connectivity index (χ4n) is 4.05. The van der Waals surface area contributed by atoms with Crippen LogP contribution in [-0.4, -0.2) is 36.1 Å². The van der Waals surface area contributed by atoms with Crippen molar-refractivity contribution in [3.05, 3.63) is 41.5 Å². The van der Waals surface area contributed by atoms with Gasteiger partial charge in [0.1, 0.15) is 6.33 Å². The van der Waals surface area contributed by atoms with E-state index in [1.807, 2.05) is 0 Å². The highest BCUT2D eigenvalue weighted by molar-refractivity contribution is 7.08. The maximum Gasteiger partial charge on any atom is 0.435 e. The van der Waals surface area contributed by atoms with Gasteiger partial charge in [0, 0.05) is 37.2 Å².